The van der Waals surface area contributed by atoms with Crippen LogP contribution in [0.1, 0.15) is 25.1 Å². The van der Waals surface area contributed by atoms with Gasteiger partial charge in [0.15, 0.2) is 9.84 Å². The molecule has 2 unspecified atom stereocenters. The van der Waals surface area contributed by atoms with E-state index >= 15 is 0 Å². The first kappa shape index (κ1) is 14.1. The maximum Gasteiger partial charge on any atom is 0.152 e. The average Bonchev–Trinajstić information content (AvgIpc) is 2.27. The number of hydrogen-bond acceptors (Lipinski definition) is 4. The Morgan fingerprint density at radius 3 is 2.47 bits per heavy atom. The van der Waals surface area contributed by atoms with Gasteiger partial charge in [-0.1, -0.05) is 13.0 Å². The molecule has 5 heteroatoms. The summed E-state index contributed by atoms with van der Waals surface area (Å²) in [7, 11) is -3.21. The van der Waals surface area contributed by atoms with Crippen LogP contribution in [0, 0.1) is 0 Å². The van der Waals surface area contributed by atoms with Crippen molar-refractivity contribution in [1.29, 1.82) is 0 Å². The third kappa shape index (κ3) is 4.09. The Kier molecular flexibility index (Phi) is 4.65. The molecule has 0 amide bonds. The molecule has 0 bridgehead atoms. The first-order valence-corrected chi connectivity index (χ1v) is 7.60. The van der Waals surface area contributed by atoms with Crippen LogP contribution in [-0.2, 0) is 22.7 Å². The summed E-state index contributed by atoms with van der Waals surface area (Å²) >= 11 is 0. The molecule has 0 spiro atoms. The van der Waals surface area contributed by atoms with Gasteiger partial charge in [-0.2, -0.15) is 0 Å². The third-order valence-corrected chi connectivity index (χ3v) is 4.59. The minimum absolute atomic E-state index is 0.262. The van der Waals surface area contributed by atoms with Crippen LogP contribution in [0.25, 0.3) is 0 Å². The third-order valence-electron chi connectivity index (χ3n) is 2.93. The van der Waals surface area contributed by atoms with Crippen molar-refractivity contribution in [2.75, 3.05) is 6.26 Å². The van der Waals surface area contributed by atoms with E-state index in [9.17, 15) is 13.5 Å². The van der Waals surface area contributed by atoms with Gasteiger partial charge in [0.05, 0.1) is 11.4 Å². The monoisotopic (exact) mass is 257 g/mol. The minimum atomic E-state index is -3.21. The van der Waals surface area contributed by atoms with Crippen LogP contribution in [0.3, 0.4) is 0 Å². The van der Waals surface area contributed by atoms with Gasteiger partial charge in [0.1, 0.15) is 0 Å². The zero-order valence-corrected chi connectivity index (χ0v) is 11.2. The van der Waals surface area contributed by atoms with Crippen LogP contribution >= 0.6 is 0 Å². The minimum Gasteiger partial charge on any atom is -0.391 e. The molecule has 1 aromatic heterocycles. The zero-order valence-electron chi connectivity index (χ0n) is 10.4. The van der Waals surface area contributed by atoms with Crippen molar-refractivity contribution in [3.8, 4) is 0 Å². The highest BCUT2D eigenvalue weighted by Crippen LogP contribution is 2.10. The number of pyridine rings is 1. The highest BCUT2D eigenvalue weighted by molar-refractivity contribution is 7.91. The van der Waals surface area contributed by atoms with E-state index in [-0.39, 0.29) is 6.42 Å². The standard InChI is InChI=1S/C12H19NO3S/c1-4-10-5-6-11(13-8-10)7-12(14)9(2)17(3,15)16/h5-6,8-9,12,14H,4,7H2,1-3H3. The van der Waals surface area contributed by atoms with Crippen molar-refractivity contribution in [2.45, 2.75) is 38.0 Å². The molecule has 0 fully saturated rings. The lowest BCUT2D eigenvalue weighted by Gasteiger charge is -2.16. The van der Waals surface area contributed by atoms with Crippen molar-refractivity contribution < 1.29 is 13.5 Å². The topological polar surface area (TPSA) is 67.3 Å². The van der Waals surface area contributed by atoms with Crippen molar-refractivity contribution in [3.63, 3.8) is 0 Å². The molecule has 0 aliphatic carbocycles. The number of aliphatic hydroxyl groups excluding tert-OH is 1. The van der Waals surface area contributed by atoms with Gasteiger partial charge < -0.3 is 5.11 Å². The van der Waals surface area contributed by atoms with Gasteiger partial charge >= 0.3 is 0 Å². The van der Waals surface area contributed by atoms with E-state index in [1.165, 1.54) is 6.92 Å². The molecule has 1 N–H and O–H groups in total. The lowest BCUT2D eigenvalue weighted by Crippen LogP contribution is -2.32. The van der Waals surface area contributed by atoms with E-state index in [4.69, 9.17) is 0 Å². The zero-order chi connectivity index (χ0) is 13.1. The Hall–Kier alpha value is -0.940. The summed E-state index contributed by atoms with van der Waals surface area (Å²) in [5, 5.41) is 9.05. The summed E-state index contributed by atoms with van der Waals surface area (Å²) in [5.74, 6) is 0. The molecule has 0 saturated heterocycles. The molecular weight excluding hydrogens is 238 g/mol. The Labute approximate surface area is 103 Å². The second-order valence-corrected chi connectivity index (χ2v) is 6.72. The average molecular weight is 257 g/mol. The fourth-order valence-electron chi connectivity index (χ4n) is 1.45. The second kappa shape index (κ2) is 5.60. The number of aryl methyl sites for hydroxylation is 1. The van der Waals surface area contributed by atoms with E-state index in [0.29, 0.717) is 5.69 Å². The summed E-state index contributed by atoms with van der Waals surface area (Å²) in [6.45, 7) is 3.55. The van der Waals surface area contributed by atoms with Crippen molar-refractivity contribution in [2.24, 2.45) is 0 Å². The molecule has 1 heterocycles. The van der Waals surface area contributed by atoms with Crippen LogP contribution < -0.4 is 0 Å². The Balaban J connectivity index is 2.71. The normalized spacial score (nSPS) is 15.5. The number of aliphatic hydroxyl groups is 1. The first-order chi connectivity index (χ1) is 7.84. The number of nitrogens with zero attached hydrogens (tertiary/aromatic N) is 1. The molecule has 0 aliphatic rings. The fraction of sp³-hybridized carbons (Fsp3) is 0.583. The van der Waals surface area contributed by atoms with E-state index in [1.807, 2.05) is 19.1 Å². The van der Waals surface area contributed by atoms with Crippen molar-refractivity contribution >= 4 is 9.84 Å². The molecule has 2 atom stereocenters. The van der Waals surface area contributed by atoms with Crippen LogP contribution in [0.5, 0.6) is 0 Å². The maximum atomic E-state index is 11.3. The molecule has 0 aliphatic heterocycles. The van der Waals surface area contributed by atoms with Gasteiger partial charge in [-0.15, -0.1) is 0 Å². The number of rotatable bonds is 5. The highest BCUT2D eigenvalue weighted by atomic mass is 32.2. The van der Waals surface area contributed by atoms with Crippen LogP contribution in [-0.4, -0.2) is 36.1 Å². The smallest absolute Gasteiger partial charge is 0.152 e. The van der Waals surface area contributed by atoms with Crippen LogP contribution in [0.4, 0.5) is 0 Å². The molecule has 0 radical (unpaired) electrons. The number of sulfone groups is 1. The van der Waals surface area contributed by atoms with E-state index in [2.05, 4.69) is 4.98 Å². The fourth-order valence-corrected chi connectivity index (χ4v) is 2.12. The van der Waals surface area contributed by atoms with Crippen LogP contribution in [0.2, 0.25) is 0 Å². The molecule has 0 aromatic carbocycles. The van der Waals surface area contributed by atoms with Crippen molar-refractivity contribution in [1.82, 2.24) is 4.98 Å². The lowest BCUT2D eigenvalue weighted by atomic mass is 10.1. The number of hydrogen-bond donors (Lipinski definition) is 1. The molecule has 4 nitrogen and oxygen atoms in total. The summed E-state index contributed by atoms with van der Waals surface area (Å²) < 4.78 is 22.6. The molecule has 1 rings (SSSR count). The van der Waals surface area contributed by atoms with Gasteiger partial charge in [-0.25, -0.2) is 8.42 Å². The quantitative estimate of drug-likeness (QED) is 0.854. The highest BCUT2D eigenvalue weighted by Gasteiger charge is 2.24. The predicted octanol–water partition coefficient (Wildman–Crippen LogP) is 0.981. The lowest BCUT2D eigenvalue weighted by molar-refractivity contribution is 0.172. The number of aromatic nitrogens is 1. The van der Waals surface area contributed by atoms with Gasteiger partial charge in [-0.05, 0) is 25.0 Å². The van der Waals surface area contributed by atoms with E-state index in [1.54, 1.807) is 6.20 Å². The van der Waals surface area contributed by atoms with Gasteiger partial charge in [-0.3, -0.25) is 4.98 Å². The Morgan fingerprint density at radius 2 is 2.06 bits per heavy atom. The predicted molar refractivity (Wildman–Crippen MR) is 67.6 cm³/mol. The maximum absolute atomic E-state index is 11.3. The molecular formula is C12H19NO3S. The largest absolute Gasteiger partial charge is 0.391 e. The van der Waals surface area contributed by atoms with Gasteiger partial charge in [0.25, 0.3) is 0 Å². The first-order valence-electron chi connectivity index (χ1n) is 5.65. The van der Waals surface area contributed by atoms with Crippen molar-refractivity contribution in [3.05, 3.63) is 29.6 Å². The van der Waals surface area contributed by atoms with Crippen LogP contribution in [0.15, 0.2) is 18.3 Å². The summed E-state index contributed by atoms with van der Waals surface area (Å²) in [6.07, 6.45) is 3.15. The Morgan fingerprint density at radius 1 is 1.41 bits per heavy atom. The molecule has 1 aromatic rings. The Bertz CT molecular complexity index is 453. The SMILES string of the molecule is CCc1ccc(CC(O)C(C)S(C)(=O)=O)nc1. The van der Waals surface area contributed by atoms with E-state index < -0.39 is 21.2 Å². The second-order valence-electron chi connectivity index (χ2n) is 4.32. The summed E-state index contributed by atoms with van der Waals surface area (Å²) in [6, 6.07) is 3.78. The molecule has 0 saturated carbocycles. The molecule has 17 heavy (non-hydrogen) atoms. The summed E-state index contributed by atoms with van der Waals surface area (Å²) in [4.78, 5) is 4.20. The van der Waals surface area contributed by atoms with Gasteiger partial charge in [0, 0.05) is 24.6 Å². The molecule has 96 valence electrons. The summed E-state index contributed by atoms with van der Waals surface area (Å²) in [5.41, 5.74) is 1.84. The van der Waals surface area contributed by atoms with Gasteiger partial charge in [0.2, 0.25) is 0 Å². The van der Waals surface area contributed by atoms with E-state index in [0.717, 1.165) is 18.2 Å².